The molecule has 1 rings (SSSR count). The van der Waals surface area contributed by atoms with Crippen molar-refractivity contribution in [2.75, 3.05) is 7.11 Å². The fourth-order valence-electron chi connectivity index (χ4n) is 1.15. The van der Waals surface area contributed by atoms with Crippen molar-refractivity contribution in [1.29, 1.82) is 0 Å². The lowest BCUT2D eigenvalue weighted by atomic mass is 10.1. The highest BCUT2D eigenvalue weighted by Gasteiger charge is 2.25. The van der Waals surface area contributed by atoms with Crippen molar-refractivity contribution in [2.45, 2.75) is 32.3 Å². The zero-order valence-corrected chi connectivity index (χ0v) is 8.02. The van der Waals surface area contributed by atoms with Crippen LogP contribution in [0.25, 0.3) is 0 Å². The molecule has 0 aliphatic carbocycles. The van der Waals surface area contributed by atoms with E-state index in [4.69, 9.17) is 14.2 Å². The van der Waals surface area contributed by atoms with Crippen molar-refractivity contribution in [2.24, 2.45) is 0 Å². The Hall–Kier alpha value is -0.870. The van der Waals surface area contributed by atoms with E-state index in [0.29, 0.717) is 0 Å². The predicted octanol–water partition coefficient (Wildman–Crippen LogP) is 0.865. The highest BCUT2D eigenvalue weighted by atomic mass is 16.7. The van der Waals surface area contributed by atoms with Gasteiger partial charge in [0.25, 0.3) is 0 Å². The normalized spacial score (nSPS) is 33.0. The van der Waals surface area contributed by atoms with Gasteiger partial charge in [-0.2, -0.15) is 0 Å². The van der Waals surface area contributed by atoms with Crippen molar-refractivity contribution in [3.05, 3.63) is 12.2 Å². The van der Waals surface area contributed by atoms with Crippen LogP contribution in [0.2, 0.25) is 0 Å². The first-order chi connectivity index (χ1) is 6.13. The van der Waals surface area contributed by atoms with E-state index in [1.54, 1.807) is 19.3 Å². The second-order valence-electron chi connectivity index (χ2n) is 2.90. The molecule has 1 heterocycles. The maximum atomic E-state index is 10.7. The Kier molecular flexibility index (Phi) is 3.45. The molecule has 0 saturated carbocycles. The maximum Gasteiger partial charge on any atom is 0.303 e. The van der Waals surface area contributed by atoms with E-state index in [1.165, 1.54) is 6.92 Å². The van der Waals surface area contributed by atoms with Crippen LogP contribution in [0.4, 0.5) is 0 Å². The number of ether oxygens (including phenoxy) is 3. The van der Waals surface area contributed by atoms with E-state index in [-0.39, 0.29) is 24.5 Å². The van der Waals surface area contributed by atoms with E-state index >= 15 is 0 Å². The van der Waals surface area contributed by atoms with Gasteiger partial charge in [-0.15, -0.1) is 0 Å². The minimum atomic E-state index is -0.332. The molecule has 0 radical (unpaired) electrons. The van der Waals surface area contributed by atoms with Gasteiger partial charge in [0, 0.05) is 14.0 Å². The minimum absolute atomic E-state index is 0.168. The van der Waals surface area contributed by atoms with Gasteiger partial charge in [-0.25, -0.2) is 0 Å². The predicted molar refractivity (Wildman–Crippen MR) is 46.0 cm³/mol. The standard InChI is InChI=1S/C9H14O4/c1-6-8(13-7(2)10)4-5-9(11-3)12-6/h4-6,8-9H,1-3H3. The van der Waals surface area contributed by atoms with Crippen molar-refractivity contribution in [3.63, 3.8) is 0 Å². The van der Waals surface area contributed by atoms with Gasteiger partial charge in [-0.1, -0.05) is 0 Å². The van der Waals surface area contributed by atoms with Gasteiger partial charge >= 0.3 is 5.97 Å². The highest BCUT2D eigenvalue weighted by Crippen LogP contribution is 2.15. The summed E-state index contributed by atoms with van der Waals surface area (Å²) in [5, 5.41) is 0. The van der Waals surface area contributed by atoms with Crippen molar-refractivity contribution in [3.8, 4) is 0 Å². The molecule has 0 aromatic heterocycles. The van der Waals surface area contributed by atoms with Gasteiger partial charge in [-0.05, 0) is 19.1 Å². The average Bonchev–Trinajstić information content (AvgIpc) is 2.08. The summed E-state index contributed by atoms with van der Waals surface area (Å²) in [6.07, 6.45) is 2.71. The number of rotatable bonds is 2. The minimum Gasteiger partial charge on any atom is -0.456 e. The molecule has 0 saturated heterocycles. The SMILES string of the molecule is COC1C=CC(OC(C)=O)C(C)O1. The molecule has 0 aromatic rings. The second-order valence-corrected chi connectivity index (χ2v) is 2.90. The Labute approximate surface area is 77.5 Å². The zero-order chi connectivity index (χ0) is 9.84. The van der Waals surface area contributed by atoms with Crippen LogP contribution < -0.4 is 0 Å². The fourth-order valence-corrected chi connectivity index (χ4v) is 1.15. The quantitative estimate of drug-likeness (QED) is 0.474. The third kappa shape index (κ3) is 2.82. The van der Waals surface area contributed by atoms with Crippen molar-refractivity contribution >= 4 is 5.97 Å². The van der Waals surface area contributed by atoms with Gasteiger partial charge in [0.1, 0.15) is 6.10 Å². The van der Waals surface area contributed by atoms with Gasteiger partial charge in [-0.3, -0.25) is 4.79 Å². The first-order valence-electron chi connectivity index (χ1n) is 4.17. The lowest BCUT2D eigenvalue weighted by Crippen LogP contribution is -2.36. The van der Waals surface area contributed by atoms with Crippen LogP contribution in [0.3, 0.4) is 0 Å². The molecule has 0 bridgehead atoms. The summed E-state index contributed by atoms with van der Waals surface area (Å²) in [6.45, 7) is 3.21. The van der Waals surface area contributed by atoms with Crippen LogP contribution in [0.1, 0.15) is 13.8 Å². The molecule has 3 atom stereocenters. The van der Waals surface area contributed by atoms with E-state index in [1.807, 2.05) is 6.92 Å². The van der Waals surface area contributed by atoms with Crippen LogP contribution in [-0.2, 0) is 19.0 Å². The second kappa shape index (κ2) is 4.39. The van der Waals surface area contributed by atoms with Crippen LogP contribution >= 0.6 is 0 Å². The van der Waals surface area contributed by atoms with Crippen LogP contribution in [0.15, 0.2) is 12.2 Å². The van der Waals surface area contributed by atoms with Gasteiger partial charge < -0.3 is 14.2 Å². The Bertz CT molecular complexity index is 212. The molecule has 0 spiro atoms. The highest BCUT2D eigenvalue weighted by molar-refractivity contribution is 5.66. The summed E-state index contributed by atoms with van der Waals surface area (Å²) in [6, 6.07) is 0. The summed E-state index contributed by atoms with van der Waals surface area (Å²) in [5.41, 5.74) is 0. The number of carbonyl (C=O) groups excluding carboxylic acids is 1. The van der Waals surface area contributed by atoms with Crippen LogP contribution in [0.5, 0.6) is 0 Å². The Morgan fingerprint density at radius 3 is 2.62 bits per heavy atom. The molecule has 0 amide bonds. The van der Waals surface area contributed by atoms with E-state index < -0.39 is 0 Å². The van der Waals surface area contributed by atoms with Gasteiger partial charge in [0.2, 0.25) is 0 Å². The first kappa shape index (κ1) is 10.2. The molecule has 0 fully saturated rings. The Balaban J connectivity index is 2.53. The Morgan fingerprint density at radius 1 is 1.46 bits per heavy atom. The summed E-state index contributed by atoms with van der Waals surface area (Å²) in [5.74, 6) is -0.305. The molecule has 4 heteroatoms. The molecule has 0 N–H and O–H groups in total. The summed E-state index contributed by atoms with van der Waals surface area (Å²) in [7, 11) is 1.56. The molecule has 3 unspecified atom stereocenters. The molecular formula is C9H14O4. The maximum absolute atomic E-state index is 10.7. The third-order valence-corrected chi connectivity index (χ3v) is 1.80. The number of carbonyl (C=O) groups is 1. The monoisotopic (exact) mass is 186 g/mol. The van der Waals surface area contributed by atoms with E-state index in [2.05, 4.69) is 0 Å². The van der Waals surface area contributed by atoms with Crippen LogP contribution in [-0.4, -0.2) is 31.6 Å². The third-order valence-electron chi connectivity index (χ3n) is 1.80. The molecule has 13 heavy (non-hydrogen) atoms. The van der Waals surface area contributed by atoms with Crippen molar-refractivity contribution in [1.82, 2.24) is 0 Å². The fraction of sp³-hybridized carbons (Fsp3) is 0.667. The Morgan fingerprint density at radius 2 is 2.15 bits per heavy atom. The molecule has 0 aromatic carbocycles. The van der Waals surface area contributed by atoms with E-state index in [0.717, 1.165) is 0 Å². The number of hydrogen-bond donors (Lipinski definition) is 0. The van der Waals surface area contributed by atoms with Gasteiger partial charge in [0.15, 0.2) is 6.29 Å². The van der Waals surface area contributed by atoms with Gasteiger partial charge in [0.05, 0.1) is 6.10 Å². The van der Waals surface area contributed by atoms with E-state index in [9.17, 15) is 4.79 Å². The smallest absolute Gasteiger partial charge is 0.303 e. The molecule has 1 aliphatic rings. The summed E-state index contributed by atoms with van der Waals surface area (Å²) >= 11 is 0. The number of esters is 1. The molecule has 4 nitrogen and oxygen atoms in total. The molecule has 74 valence electrons. The average molecular weight is 186 g/mol. The zero-order valence-electron chi connectivity index (χ0n) is 8.02. The summed E-state index contributed by atoms with van der Waals surface area (Å²) in [4.78, 5) is 10.7. The number of hydrogen-bond acceptors (Lipinski definition) is 4. The molecular weight excluding hydrogens is 172 g/mol. The first-order valence-corrected chi connectivity index (χ1v) is 4.17. The van der Waals surface area contributed by atoms with Crippen LogP contribution in [0, 0.1) is 0 Å². The topological polar surface area (TPSA) is 44.8 Å². The van der Waals surface area contributed by atoms with Crippen molar-refractivity contribution < 1.29 is 19.0 Å². The largest absolute Gasteiger partial charge is 0.456 e. The lowest BCUT2D eigenvalue weighted by Gasteiger charge is -2.28. The number of methoxy groups -OCH3 is 1. The lowest BCUT2D eigenvalue weighted by molar-refractivity contribution is -0.173. The summed E-state index contributed by atoms with van der Waals surface area (Å²) < 4.78 is 15.3. The molecule has 1 aliphatic heterocycles.